The SMILES string of the molecule is CC1c2cc(-c3ccc(OCCCCOCC4CO4)cc3)ccc2-c2ccc(-c3ccc(OC(F)(F)F)cc3)cc21. The molecular formula is C34H31F3O4. The van der Waals surface area contributed by atoms with Gasteiger partial charge in [0.2, 0.25) is 0 Å². The summed E-state index contributed by atoms with van der Waals surface area (Å²) in [5, 5.41) is 0. The van der Waals surface area contributed by atoms with Crippen molar-refractivity contribution in [2.24, 2.45) is 0 Å². The molecule has 0 spiro atoms. The second-order valence-corrected chi connectivity index (χ2v) is 10.5. The van der Waals surface area contributed by atoms with Crippen LogP contribution in [0.15, 0.2) is 84.9 Å². The van der Waals surface area contributed by atoms with Gasteiger partial charge in [0, 0.05) is 12.5 Å². The Bertz CT molecular complexity index is 1490. The number of epoxide rings is 1. The third-order valence-corrected chi connectivity index (χ3v) is 7.59. The maximum atomic E-state index is 12.5. The zero-order chi connectivity index (χ0) is 28.4. The lowest BCUT2D eigenvalue weighted by Crippen LogP contribution is -2.16. The lowest BCUT2D eigenvalue weighted by molar-refractivity contribution is -0.274. The Morgan fingerprint density at radius 3 is 1.76 bits per heavy atom. The van der Waals surface area contributed by atoms with Crippen LogP contribution in [0.3, 0.4) is 0 Å². The van der Waals surface area contributed by atoms with Gasteiger partial charge in [-0.25, -0.2) is 0 Å². The van der Waals surface area contributed by atoms with Crippen LogP contribution in [0.1, 0.15) is 36.8 Å². The van der Waals surface area contributed by atoms with Gasteiger partial charge in [0.1, 0.15) is 17.6 Å². The Labute approximate surface area is 237 Å². The number of alkyl halides is 3. The Kier molecular flexibility index (Phi) is 7.73. The average molecular weight is 561 g/mol. The molecule has 7 heteroatoms. The van der Waals surface area contributed by atoms with E-state index in [9.17, 15) is 13.2 Å². The molecule has 0 amide bonds. The first kappa shape index (κ1) is 27.4. The van der Waals surface area contributed by atoms with Crippen molar-refractivity contribution in [3.63, 3.8) is 0 Å². The summed E-state index contributed by atoms with van der Waals surface area (Å²) in [5.74, 6) is 0.820. The monoisotopic (exact) mass is 560 g/mol. The summed E-state index contributed by atoms with van der Waals surface area (Å²) in [7, 11) is 0. The van der Waals surface area contributed by atoms with Crippen LogP contribution >= 0.6 is 0 Å². The van der Waals surface area contributed by atoms with E-state index in [2.05, 4.69) is 54.1 Å². The minimum atomic E-state index is -4.70. The lowest BCUT2D eigenvalue weighted by atomic mass is 9.94. The van der Waals surface area contributed by atoms with Gasteiger partial charge < -0.3 is 18.9 Å². The molecule has 0 saturated carbocycles. The largest absolute Gasteiger partial charge is 0.573 e. The molecule has 2 atom stereocenters. The summed E-state index contributed by atoms with van der Waals surface area (Å²) < 4.78 is 58.2. The third kappa shape index (κ3) is 6.58. The Hall–Kier alpha value is -3.81. The van der Waals surface area contributed by atoms with Crippen molar-refractivity contribution < 1.29 is 32.1 Å². The molecule has 1 saturated heterocycles. The fourth-order valence-corrected chi connectivity index (χ4v) is 5.33. The third-order valence-electron chi connectivity index (χ3n) is 7.59. The maximum Gasteiger partial charge on any atom is 0.573 e. The number of fused-ring (bicyclic) bond motifs is 3. The van der Waals surface area contributed by atoms with Gasteiger partial charge in [-0.3, -0.25) is 0 Å². The normalized spacial score (nSPS) is 17.2. The van der Waals surface area contributed by atoms with Crippen molar-refractivity contribution in [2.45, 2.75) is 38.1 Å². The Morgan fingerprint density at radius 1 is 0.707 bits per heavy atom. The molecule has 1 aliphatic carbocycles. The minimum Gasteiger partial charge on any atom is -0.494 e. The van der Waals surface area contributed by atoms with E-state index in [0.29, 0.717) is 19.3 Å². The molecule has 1 aliphatic heterocycles. The summed E-state index contributed by atoms with van der Waals surface area (Å²) in [4.78, 5) is 0. The molecular weight excluding hydrogens is 529 g/mol. The molecule has 0 bridgehead atoms. The van der Waals surface area contributed by atoms with Gasteiger partial charge in [0.25, 0.3) is 0 Å². The number of halogens is 3. The molecule has 41 heavy (non-hydrogen) atoms. The second kappa shape index (κ2) is 11.6. The summed E-state index contributed by atoms with van der Waals surface area (Å²) in [5.41, 5.74) is 8.94. The van der Waals surface area contributed by atoms with Gasteiger partial charge in [-0.2, -0.15) is 0 Å². The summed E-state index contributed by atoms with van der Waals surface area (Å²) >= 11 is 0. The predicted molar refractivity (Wildman–Crippen MR) is 152 cm³/mol. The molecule has 4 aromatic carbocycles. The van der Waals surface area contributed by atoms with Gasteiger partial charge in [0.15, 0.2) is 0 Å². The molecule has 0 aromatic heterocycles. The van der Waals surface area contributed by atoms with E-state index in [1.54, 1.807) is 12.1 Å². The molecule has 0 radical (unpaired) electrons. The topological polar surface area (TPSA) is 40.2 Å². The van der Waals surface area contributed by atoms with E-state index in [4.69, 9.17) is 14.2 Å². The summed E-state index contributed by atoms with van der Waals surface area (Å²) in [6, 6.07) is 27.0. The van der Waals surface area contributed by atoms with Crippen molar-refractivity contribution in [1.29, 1.82) is 0 Å². The van der Waals surface area contributed by atoms with E-state index < -0.39 is 6.36 Å². The smallest absolute Gasteiger partial charge is 0.494 e. The molecule has 4 aromatic rings. The van der Waals surface area contributed by atoms with E-state index in [0.717, 1.165) is 54.1 Å². The van der Waals surface area contributed by atoms with Crippen molar-refractivity contribution in [1.82, 2.24) is 0 Å². The van der Waals surface area contributed by atoms with Crippen LogP contribution in [0.2, 0.25) is 0 Å². The standard InChI is InChI=1S/C34H31F3O4/c1-22-32-18-25(23-4-10-27(11-5-23)39-17-3-2-16-38-20-29-21-40-29)8-14-30(32)31-15-9-26(19-33(22)31)24-6-12-28(13-7-24)41-34(35,36)37/h4-15,18-19,22,29H,2-3,16-17,20-21H2,1H3. The van der Waals surface area contributed by atoms with E-state index in [-0.39, 0.29) is 11.7 Å². The van der Waals surface area contributed by atoms with Crippen LogP contribution in [0, 0.1) is 0 Å². The molecule has 2 aliphatic rings. The van der Waals surface area contributed by atoms with Gasteiger partial charge in [-0.1, -0.05) is 55.5 Å². The van der Waals surface area contributed by atoms with Gasteiger partial charge in [-0.05, 0) is 93.7 Å². The number of ether oxygens (including phenoxy) is 4. The van der Waals surface area contributed by atoms with Gasteiger partial charge in [-0.15, -0.1) is 13.2 Å². The molecule has 6 rings (SSSR count). The highest BCUT2D eigenvalue weighted by Gasteiger charge is 2.31. The Morgan fingerprint density at radius 2 is 1.22 bits per heavy atom. The number of benzene rings is 4. The quantitative estimate of drug-likeness (QED) is 0.136. The van der Waals surface area contributed by atoms with Crippen LogP contribution in [-0.2, 0) is 9.47 Å². The minimum absolute atomic E-state index is 0.191. The van der Waals surface area contributed by atoms with Crippen LogP contribution < -0.4 is 9.47 Å². The van der Waals surface area contributed by atoms with Crippen molar-refractivity contribution >= 4 is 0 Å². The highest BCUT2D eigenvalue weighted by Crippen LogP contribution is 2.47. The first-order chi connectivity index (χ1) is 19.8. The number of unbranched alkanes of at least 4 members (excludes halogenated alkanes) is 1. The lowest BCUT2D eigenvalue weighted by Gasteiger charge is -2.11. The molecule has 2 unspecified atom stereocenters. The molecule has 0 N–H and O–H groups in total. The first-order valence-corrected chi connectivity index (χ1v) is 13.9. The molecule has 1 heterocycles. The number of hydrogen-bond acceptors (Lipinski definition) is 4. The van der Waals surface area contributed by atoms with Crippen LogP contribution in [0.25, 0.3) is 33.4 Å². The molecule has 4 nitrogen and oxygen atoms in total. The van der Waals surface area contributed by atoms with Gasteiger partial charge >= 0.3 is 6.36 Å². The number of hydrogen-bond donors (Lipinski definition) is 0. The second-order valence-electron chi connectivity index (χ2n) is 10.5. The van der Waals surface area contributed by atoms with Crippen molar-refractivity contribution in [3.05, 3.63) is 96.1 Å². The van der Waals surface area contributed by atoms with E-state index >= 15 is 0 Å². The highest BCUT2D eigenvalue weighted by atomic mass is 19.4. The summed E-state index contributed by atoms with van der Waals surface area (Å²) in [6.45, 7) is 5.10. The predicted octanol–water partition coefficient (Wildman–Crippen LogP) is 8.63. The Balaban J connectivity index is 1.09. The van der Waals surface area contributed by atoms with Crippen molar-refractivity contribution in [3.8, 4) is 44.9 Å². The van der Waals surface area contributed by atoms with Gasteiger partial charge in [0.05, 0.1) is 19.8 Å². The van der Waals surface area contributed by atoms with Crippen LogP contribution in [0.5, 0.6) is 11.5 Å². The first-order valence-electron chi connectivity index (χ1n) is 13.9. The number of rotatable bonds is 11. The van der Waals surface area contributed by atoms with Crippen LogP contribution in [0.4, 0.5) is 13.2 Å². The van der Waals surface area contributed by atoms with Crippen LogP contribution in [-0.4, -0.2) is 38.9 Å². The fourth-order valence-electron chi connectivity index (χ4n) is 5.33. The molecule has 1 fully saturated rings. The maximum absolute atomic E-state index is 12.5. The average Bonchev–Trinajstić information content (AvgIpc) is 3.76. The molecule has 212 valence electrons. The zero-order valence-corrected chi connectivity index (χ0v) is 22.7. The van der Waals surface area contributed by atoms with E-state index in [1.165, 1.54) is 34.4 Å². The van der Waals surface area contributed by atoms with E-state index in [1.807, 2.05) is 18.2 Å². The zero-order valence-electron chi connectivity index (χ0n) is 22.7. The van der Waals surface area contributed by atoms with Crippen molar-refractivity contribution in [2.75, 3.05) is 26.4 Å². The summed E-state index contributed by atoms with van der Waals surface area (Å²) in [6.07, 6.45) is -2.49. The highest BCUT2D eigenvalue weighted by molar-refractivity contribution is 5.84. The fraction of sp³-hybridized carbons (Fsp3) is 0.294.